The number of likely N-dealkylation sites (N-methyl/N-ethyl adjacent to an activating group) is 1. The molecule has 2 saturated heterocycles. The van der Waals surface area contributed by atoms with Crippen LogP contribution in [0, 0.1) is 5.82 Å². The van der Waals surface area contributed by atoms with Crippen LogP contribution in [-0.4, -0.2) is 85.1 Å². The van der Waals surface area contributed by atoms with Crippen LogP contribution in [0.3, 0.4) is 0 Å². The zero-order chi connectivity index (χ0) is 19.5. The summed E-state index contributed by atoms with van der Waals surface area (Å²) >= 11 is 0. The number of halogens is 1. The van der Waals surface area contributed by atoms with Crippen LogP contribution in [0.25, 0.3) is 0 Å². The first kappa shape index (κ1) is 18.6. The van der Waals surface area contributed by atoms with Crippen LogP contribution in [0.15, 0.2) is 36.7 Å². The molecule has 2 fully saturated rings. The lowest BCUT2D eigenvalue weighted by molar-refractivity contribution is 0.0746. The Balaban J connectivity index is 1.36. The molecule has 28 heavy (non-hydrogen) atoms. The molecule has 0 radical (unpaired) electrons. The predicted octanol–water partition coefficient (Wildman–Crippen LogP) is 1.33. The van der Waals surface area contributed by atoms with E-state index in [0.29, 0.717) is 43.4 Å². The van der Waals surface area contributed by atoms with Gasteiger partial charge in [-0.05, 0) is 19.2 Å². The van der Waals surface area contributed by atoms with Crippen molar-refractivity contribution in [3.05, 3.63) is 48.0 Å². The van der Waals surface area contributed by atoms with Crippen LogP contribution in [-0.2, 0) is 0 Å². The van der Waals surface area contributed by atoms with Gasteiger partial charge in [-0.3, -0.25) is 4.79 Å². The number of aromatic nitrogens is 2. The Morgan fingerprint density at radius 3 is 2.14 bits per heavy atom. The van der Waals surface area contributed by atoms with Crippen LogP contribution in [0.4, 0.5) is 16.0 Å². The lowest BCUT2D eigenvalue weighted by Gasteiger charge is -2.36. The first-order valence-corrected chi connectivity index (χ1v) is 9.66. The van der Waals surface area contributed by atoms with Crippen molar-refractivity contribution < 1.29 is 9.18 Å². The van der Waals surface area contributed by atoms with E-state index >= 15 is 0 Å². The zero-order valence-corrected chi connectivity index (χ0v) is 16.1. The first-order valence-electron chi connectivity index (χ1n) is 9.66. The maximum Gasteiger partial charge on any atom is 0.257 e. The Hall–Kier alpha value is -2.74. The fraction of sp³-hybridized carbons (Fsp3) is 0.450. The molecule has 2 aromatic rings. The summed E-state index contributed by atoms with van der Waals surface area (Å²) in [6.07, 6.45) is 3.23. The number of amides is 1. The highest BCUT2D eigenvalue weighted by Gasteiger charge is 2.24. The highest BCUT2D eigenvalue weighted by molar-refractivity contribution is 5.93. The smallest absolute Gasteiger partial charge is 0.257 e. The Kier molecular flexibility index (Phi) is 5.38. The summed E-state index contributed by atoms with van der Waals surface area (Å²) in [4.78, 5) is 29.8. The molecule has 0 saturated carbocycles. The van der Waals surface area contributed by atoms with Gasteiger partial charge in [-0.15, -0.1) is 0 Å². The number of rotatable bonds is 3. The predicted molar refractivity (Wildman–Crippen MR) is 106 cm³/mol. The van der Waals surface area contributed by atoms with Gasteiger partial charge < -0.3 is 19.6 Å². The van der Waals surface area contributed by atoms with Crippen LogP contribution in [0.1, 0.15) is 10.4 Å². The molecule has 0 atom stereocenters. The third kappa shape index (κ3) is 3.91. The second kappa shape index (κ2) is 8.10. The molecule has 2 aliphatic heterocycles. The molecule has 148 valence electrons. The minimum Gasteiger partial charge on any atom is -0.366 e. The first-order chi connectivity index (χ1) is 13.6. The average Bonchev–Trinajstić information content (AvgIpc) is 2.74. The number of hydrogen-bond acceptors (Lipinski definition) is 6. The van der Waals surface area contributed by atoms with Crippen LogP contribution < -0.4 is 9.80 Å². The van der Waals surface area contributed by atoms with E-state index in [4.69, 9.17) is 0 Å². The fourth-order valence-electron chi connectivity index (χ4n) is 3.64. The maximum atomic E-state index is 14.0. The second-order valence-corrected chi connectivity index (χ2v) is 7.29. The molecule has 0 unspecified atom stereocenters. The monoisotopic (exact) mass is 384 g/mol. The summed E-state index contributed by atoms with van der Waals surface area (Å²) in [7, 11) is 2.10. The summed E-state index contributed by atoms with van der Waals surface area (Å²) in [5.74, 6) is 0.377. The Labute approximate surface area is 164 Å². The van der Waals surface area contributed by atoms with Crippen molar-refractivity contribution in [2.45, 2.75) is 0 Å². The summed E-state index contributed by atoms with van der Waals surface area (Å²) < 4.78 is 14.0. The molecule has 7 nitrogen and oxygen atoms in total. The molecule has 0 bridgehead atoms. The molecular formula is C20H25FN6O. The topological polar surface area (TPSA) is 55.8 Å². The van der Waals surface area contributed by atoms with Crippen molar-refractivity contribution in [3.63, 3.8) is 0 Å². The van der Waals surface area contributed by atoms with Crippen LogP contribution >= 0.6 is 0 Å². The summed E-state index contributed by atoms with van der Waals surface area (Å²) in [6, 6.07) is 6.75. The number of carbonyl (C=O) groups is 1. The van der Waals surface area contributed by atoms with Crippen molar-refractivity contribution in [2.24, 2.45) is 0 Å². The van der Waals surface area contributed by atoms with Gasteiger partial charge in [0.15, 0.2) is 0 Å². The third-order valence-electron chi connectivity index (χ3n) is 5.43. The van der Waals surface area contributed by atoms with E-state index in [9.17, 15) is 9.18 Å². The highest BCUT2D eigenvalue weighted by Crippen LogP contribution is 2.21. The standard InChI is InChI=1S/C20H25FN6O/c1-24-6-8-27(9-7-24)20-22-14-16(15-23-20)19(28)26-12-10-25(11-13-26)18-5-3-2-4-17(18)21/h2-5,14-15H,6-13H2,1H3. The van der Waals surface area contributed by atoms with E-state index in [0.717, 1.165) is 26.2 Å². The van der Waals surface area contributed by atoms with Gasteiger partial charge in [0.1, 0.15) is 5.82 Å². The molecule has 0 spiro atoms. The number of nitrogens with zero attached hydrogens (tertiary/aromatic N) is 6. The molecular weight excluding hydrogens is 359 g/mol. The van der Waals surface area contributed by atoms with E-state index in [1.165, 1.54) is 6.07 Å². The highest BCUT2D eigenvalue weighted by atomic mass is 19.1. The van der Waals surface area contributed by atoms with Gasteiger partial charge in [-0.1, -0.05) is 12.1 Å². The van der Waals surface area contributed by atoms with Gasteiger partial charge in [-0.2, -0.15) is 0 Å². The molecule has 4 rings (SSSR count). The minimum absolute atomic E-state index is 0.0712. The van der Waals surface area contributed by atoms with Gasteiger partial charge in [0.05, 0.1) is 11.3 Å². The number of benzene rings is 1. The average molecular weight is 384 g/mol. The summed E-state index contributed by atoms with van der Waals surface area (Å²) in [5, 5.41) is 0. The minimum atomic E-state index is -0.227. The number of hydrogen-bond donors (Lipinski definition) is 0. The number of para-hydroxylation sites is 1. The Bertz CT molecular complexity index is 814. The van der Waals surface area contributed by atoms with Crippen LogP contribution in [0.2, 0.25) is 0 Å². The van der Waals surface area contributed by atoms with Gasteiger partial charge in [0.25, 0.3) is 5.91 Å². The maximum absolute atomic E-state index is 14.0. The van der Waals surface area contributed by atoms with Crippen molar-refractivity contribution in [1.29, 1.82) is 0 Å². The number of piperazine rings is 2. The van der Waals surface area contributed by atoms with Crippen molar-refractivity contribution in [1.82, 2.24) is 19.8 Å². The zero-order valence-electron chi connectivity index (χ0n) is 16.1. The quantitative estimate of drug-likeness (QED) is 0.796. The molecule has 1 aromatic heterocycles. The second-order valence-electron chi connectivity index (χ2n) is 7.29. The fourth-order valence-corrected chi connectivity index (χ4v) is 3.64. The molecule has 3 heterocycles. The number of carbonyl (C=O) groups excluding carboxylic acids is 1. The molecule has 2 aliphatic rings. The lowest BCUT2D eigenvalue weighted by atomic mass is 10.2. The van der Waals surface area contributed by atoms with E-state index in [1.807, 2.05) is 11.0 Å². The van der Waals surface area contributed by atoms with Gasteiger partial charge in [0.2, 0.25) is 5.95 Å². The Morgan fingerprint density at radius 2 is 1.50 bits per heavy atom. The van der Waals surface area contributed by atoms with Gasteiger partial charge in [0, 0.05) is 64.8 Å². The molecule has 1 amide bonds. The van der Waals surface area contributed by atoms with Crippen molar-refractivity contribution in [3.8, 4) is 0 Å². The molecule has 8 heteroatoms. The molecule has 0 N–H and O–H groups in total. The van der Waals surface area contributed by atoms with E-state index in [1.54, 1.807) is 29.4 Å². The molecule has 1 aromatic carbocycles. The van der Waals surface area contributed by atoms with E-state index < -0.39 is 0 Å². The molecule has 0 aliphatic carbocycles. The Morgan fingerprint density at radius 1 is 0.893 bits per heavy atom. The largest absolute Gasteiger partial charge is 0.366 e. The van der Waals surface area contributed by atoms with Crippen LogP contribution in [0.5, 0.6) is 0 Å². The number of anilines is 2. The van der Waals surface area contributed by atoms with Gasteiger partial charge >= 0.3 is 0 Å². The summed E-state index contributed by atoms with van der Waals surface area (Å²) in [6.45, 7) is 6.05. The van der Waals surface area contributed by atoms with Crippen molar-refractivity contribution >= 4 is 17.5 Å². The normalized spacial score (nSPS) is 18.4. The van der Waals surface area contributed by atoms with Gasteiger partial charge in [-0.25, -0.2) is 14.4 Å². The van der Waals surface area contributed by atoms with E-state index in [-0.39, 0.29) is 11.7 Å². The summed E-state index contributed by atoms with van der Waals surface area (Å²) in [5.41, 5.74) is 1.09. The SMILES string of the molecule is CN1CCN(c2ncc(C(=O)N3CCN(c4ccccc4F)CC3)cn2)CC1. The van der Waals surface area contributed by atoms with E-state index in [2.05, 4.69) is 26.8 Å². The lowest BCUT2D eigenvalue weighted by Crippen LogP contribution is -2.49. The third-order valence-corrected chi connectivity index (χ3v) is 5.43. The van der Waals surface area contributed by atoms with Crippen molar-refractivity contribution in [2.75, 3.05) is 69.2 Å².